The molecule has 7 nitrogen and oxygen atoms in total. The Morgan fingerprint density at radius 3 is 2.73 bits per heavy atom. The summed E-state index contributed by atoms with van der Waals surface area (Å²) in [5.74, 6) is 3.10. The third-order valence-electron chi connectivity index (χ3n) is 4.30. The number of thiazole rings is 1. The molecule has 1 aromatic carbocycles. The summed E-state index contributed by atoms with van der Waals surface area (Å²) in [6, 6.07) is 11.5. The quantitative estimate of drug-likeness (QED) is 0.340. The second-order valence-corrected chi connectivity index (χ2v) is 9.15. The first-order chi connectivity index (χ1) is 14.4. The fourth-order valence-electron chi connectivity index (χ4n) is 2.85. The van der Waals surface area contributed by atoms with E-state index in [4.69, 9.17) is 14.1 Å². The van der Waals surface area contributed by atoms with Gasteiger partial charge in [0.1, 0.15) is 5.75 Å². The molecule has 0 amide bonds. The number of rotatable bonds is 7. The molecule has 0 spiro atoms. The molecule has 154 valence electrons. The topological polar surface area (TPSA) is 86.0 Å². The van der Waals surface area contributed by atoms with E-state index in [1.54, 1.807) is 13.1 Å². The number of halogens is 1. The number of ether oxygens (including phenoxy) is 1. The van der Waals surface area contributed by atoms with E-state index in [1.807, 2.05) is 41.8 Å². The molecule has 3 aromatic heterocycles. The van der Waals surface area contributed by atoms with Gasteiger partial charge in [-0.1, -0.05) is 32.0 Å². The second-order valence-electron chi connectivity index (χ2n) is 7.37. The summed E-state index contributed by atoms with van der Waals surface area (Å²) in [6.07, 6.45) is 2.39. The molecule has 0 aliphatic heterocycles. The molecule has 30 heavy (non-hydrogen) atoms. The van der Waals surface area contributed by atoms with Crippen molar-refractivity contribution in [3.8, 4) is 11.5 Å². The smallest absolute Gasteiger partial charge is 0.222 e. The zero-order valence-electron chi connectivity index (χ0n) is 16.7. The zero-order valence-corrected chi connectivity index (χ0v) is 19.1. The molecule has 0 fully saturated rings. The number of pyridine rings is 1. The van der Waals surface area contributed by atoms with Gasteiger partial charge in [-0.15, -0.1) is 21.5 Å². The SMILES string of the molecule is Cc1nnc(C(C)(C)Cc2csc(Nc3ncc(Br)cc3Oc3ccccc3)n2)o1. The normalized spacial score (nSPS) is 11.5. The van der Waals surface area contributed by atoms with Crippen molar-refractivity contribution in [3.05, 3.63) is 69.9 Å². The summed E-state index contributed by atoms with van der Waals surface area (Å²) in [5, 5.41) is 14.1. The lowest BCUT2D eigenvalue weighted by Crippen LogP contribution is -2.21. The summed E-state index contributed by atoms with van der Waals surface area (Å²) in [5.41, 5.74) is 0.621. The van der Waals surface area contributed by atoms with Crippen molar-refractivity contribution in [2.45, 2.75) is 32.6 Å². The first-order valence-corrected chi connectivity index (χ1v) is 11.0. The maximum Gasteiger partial charge on any atom is 0.222 e. The van der Waals surface area contributed by atoms with Crippen LogP contribution in [-0.4, -0.2) is 20.2 Å². The summed E-state index contributed by atoms with van der Waals surface area (Å²) in [7, 11) is 0. The van der Waals surface area contributed by atoms with Crippen LogP contribution in [0.1, 0.15) is 31.3 Å². The van der Waals surface area contributed by atoms with E-state index in [9.17, 15) is 0 Å². The highest BCUT2D eigenvalue weighted by atomic mass is 79.9. The number of anilines is 2. The number of aryl methyl sites for hydroxylation is 1. The van der Waals surface area contributed by atoms with Gasteiger partial charge in [0.15, 0.2) is 16.7 Å². The van der Waals surface area contributed by atoms with Gasteiger partial charge in [0.25, 0.3) is 0 Å². The molecule has 1 N–H and O–H groups in total. The lowest BCUT2D eigenvalue weighted by Gasteiger charge is -2.18. The van der Waals surface area contributed by atoms with Crippen LogP contribution in [0.5, 0.6) is 11.5 Å². The molecule has 0 aliphatic carbocycles. The summed E-state index contributed by atoms with van der Waals surface area (Å²) < 4.78 is 12.4. The number of benzene rings is 1. The Hall–Kier alpha value is -2.78. The van der Waals surface area contributed by atoms with E-state index in [1.165, 1.54) is 11.3 Å². The van der Waals surface area contributed by atoms with Crippen LogP contribution in [0, 0.1) is 6.92 Å². The van der Waals surface area contributed by atoms with Crippen molar-refractivity contribution in [1.82, 2.24) is 20.2 Å². The highest BCUT2D eigenvalue weighted by Crippen LogP contribution is 2.34. The first-order valence-electron chi connectivity index (χ1n) is 9.29. The number of para-hydroxylation sites is 1. The van der Waals surface area contributed by atoms with Gasteiger partial charge in [-0.3, -0.25) is 0 Å². The van der Waals surface area contributed by atoms with Crippen LogP contribution in [0.25, 0.3) is 0 Å². The van der Waals surface area contributed by atoms with Crippen molar-refractivity contribution >= 4 is 38.2 Å². The monoisotopic (exact) mass is 485 g/mol. The van der Waals surface area contributed by atoms with Gasteiger partial charge < -0.3 is 14.5 Å². The van der Waals surface area contributed by atoms with E-state index in [-0.39, 0.29) is 5.41 Å². The molecular weight excluding hydrogens is 466 g/mol. The number of hydrogen-bond donors (Lipinski definition) is 1. The minimum Gasteiger partial charge on any atom is -0.453 e. The van der Waals surface area contributed by atoms with Crippen LogP contribution < -0.4 is 10.1 Å². The van der Waals surface area contributed by atoms with Gasteiger partial charge in [-0.25, -0.2) is 9.97 Å². The maximum absolute atomic E-state index is 6.00. The summed E-state index contributed by atoms with van der Waals surface area (Å²) in [4.78, 5) is 9.16. The fourth-order valence-corrected chi connectivity index (χ4v) is 3.87. The molecule has 0 bridgehead atoms. The Bertz CT molecular complexity index is 1140. The Kier molecular flexibility index (Phi) is 5.83. The minimum atomic E-state index is -0.315. The molecule has 0 radical (unpaired) electrons. The number of nitrogens with zero attached hydrogens (tertiary/aromatic N) is 4. The maximum atomic E-state index is 6.00. The number of nitrogens with one attached hydrogen (secondary N) is 1. The Balaban J connectivity index is 1.51. The average Bonchev–Trinajstić information content (AvgIpc) is 3.34. The summed E-state index contributed by atoms with van der Waals surface area (Å²) in [6.45, 7) is 5.92. The van der Waals surface area contributed by atoms with Crippen molar-refractivity contribution in [3.63, 3.8) is 0 Å². The zero-order chi connectivity index (χ0) is 21.1. The Labute approximate surface area is 186 Å². The minimum absolute atomic E-state index is 0.315. The predicted octanol–water partition coefficient (Wildman–Crippen LogP) is 6.05. The van der Waals surface area contributed by atoms with Crippen LogP contribution >= 0.6 is 27.3 Å². The van der Waals surface area contributed by atoms with E-state index >= 15 is 0 Å². The molecule has 4 aromatic rings. The number of aromatic nitrogens is 4. The lowest BCUT2D eigenvalue weighted by molar-refractivity contribution is 0.355. The van der Waals surface area contributed by atoms with Crippen molar-refractivity contribution in [2.24, 2.45) is 0 Å². The van der Waals surface area contributed by atoms with Crippen LogP contribution in [0.15, 0.2) is 56.9 Å². The van der Waals surface area contributed by atoms with Crippen molar-refractivity contribution < 1.29 is 9.15 Å². The van der Waals surface area contributed by atoms with Gasteiger partial charge in [0, 0.05) is 40.9 Å². The standard InChI is InChI=1S/C21H20BrN5O2S/c1-13-26-27-19(28-13)21(2,3)10-15-12-30-20(24-15)25-18-17(9-14(22)11-23-18)29-16-7-5-4-6-8-16/h4-9,11-12H,10H2,1-3H3,(H,23,24,25). The molecule has 0 saturated carbocycles. The van der Waals surface area contributed by atoms with E-state index in [2.05, 4.69) is 50.3 Å². The van der Waals surface area contributed by atoms with Gasteiger partial charge in [0.05, 0.1) is 5.69 Å². The van der Waals surface area contributed by atoms with Gasteiger partial charge >= 0.3 is 0 Å². The molecule has 0 atom stereocenters. The van der Waals surface area contributed by atoms with E-state index < -0.39 is 0 Å². The Morgan fingerprint density at radius 1 is 1.20 bits per heavy atom. The van der Waals surface area contributed by atoms with Crippen molar-refractivity contribution in [2.75, 3.05) is 5.32 Å². The van der Waals surface area contributed by atoms with Crippen LogP contribution in [-0.2, 0) is 11.8 Å². The van der Waals surface area contributed by atoms with Gasteiger partial charge in [-0.2, -0.15) is 0 Å². The first kappa shape index (κ1) is 20.5. The Morgan fingerprint density at radius 2 is 2.00 bits per heavy atom. The van der Waals surface area contributed by atoms with Crippen molar-refractivity contribution in [1.29, 1.82) is 0 Å². The molecule has 0 saturated heterocycles. The third-order valence-corrected chi connectivity index (χ3v) is 5.54. The second kappa shape index (κ2) is 8.53. The highest BCUT2D eigenvalue weighted by Gasteiger charge is 2.28. The molecule has 4 rings (SSSR count). The summed E-state index contributed by atoms with van der Waals surface area (Å²) >= 11 is 4.96. The van der Waals surface area contributed by atoms with E-state index in [0.29, 0.717) is 29.8 Å². The predicted molar refractivity (Wildman–Crippen MR) is 120 cm³/mol. The molecule has 9 heteroatoms. The van der Waals surface area contributed by atoms with Gasteiger partial charge in [0.2, 0.25) is 11.8 Å². The van der Waals surface area contributed by atoms with Crippen LogP contribution in [0.2, 0.25) is 0 Å². The fraction of sp³-hybridized carbons (Fsp3) is 0.238. The van der Waals surface area contributed by atoms with Crippen LogP contribution in [0.4, 0.5) is 10.9 Å². The van der Waals surface area contributed by atoms with Crippen LogP contribution in [0.3, 0.4) is 0 Å². The highest BCUT2D eigenvalue weighted by molar-refractivity contribution is 9.10. The molecular formula is C21H20BrN5O2S. The molecule has 0 unspecified atom stereocenters. The average molecular weight is 486 g/mol. The number of hydrogen-bond acceptors (Lipinski definition) is 8. The largest absolute Gasteiger partial charge is 0.453 e. The third kappa shape index (κ3) is 4.85. The van der Waals surface area contributed by atoms with Gasteiger partial charge in [-0.05, 0) is 28.1 Å². The molecule has 0 aliphatic rings. The molecule has 3 heterocycles. The van der Waals surface area contributed by atoms with E-state index in [0.717, 1.165) is 21.0 Å². The lowest BCUT2D eigenvalue weighted by atomic mass is 9.88.